The average Bonchev–Trinajstić information content (AvgIpc) is 2.97. The molecule has 0 bridgehead atoms. The number of rotatable bonds is 7. The summed E-state index contributed by atoms with van der Waals surface area (Å²) in [5.74, 6) is -0.639. The van der Waals surface area contributed by atoms with Crippen molar-refractivity contribution >= 4 is 29.1 Å². The van der Waals surface area contributed by atoms with E-state index in [1.54, 1.807) is 0 Å². The number of benzene rings is 1. The molecule has 7 heteroatoms. The summed E-state index contributed by atoms with van der Waals surface area (Å²) >= 11 is 6.31. The summed E-state index contributed by atoms with van der Waals surface area (Å²) in [6.45, 7) is 2.53. The van der Waals surface area contributed by atoms with Gasteiger partial charge in [-0.05, 0) is 73.5 Å². The molecule has 6 nitrogen and oxygen atoms in total. The maximum atomic E-state index is 12.7. The first-order valence-electron chi connectivity index (χ1n) is 11.7. The lowest BCUT2D eigenvalue weighted by Crippen LogP contribution is -2.37. The molecule has 2 aromatic rings. The Balaban J connectivity index is 1.44. The number of carboxylic acids is 1. The topological polar surface area (TPSA) is 82.5 Å². The lowest BCUT2D eigenvalue weighted by atomic mass is 9.88. The molecular weight excluding hydrogens is 438 g/mol. The van der Waals surface area contributed by atoms with Crippen molar-refractivity contribution in [3.63, 3.8) is 0 Å². The van der Waals surface area contributed by atoms with Gasteiger partial charge in [0.1, 0.15) is 0 Å². The van der Waals surface area contributed by atoms with E-state index in [2.05, 4.69) is 23.5 Å². The summed E-state index contributed by atoms with van der Waals surface area (Å²) in [5.41, 5.74) is 7.40. The molecule has 0 spiro atoms. The molecule has 2 aliphatic rings. The van der Waals surface area contributed by atoms with Crippen molar-refractivity contribution in [2.45, 2.75) is 44.9 Å². The summed E-state index contributed by atoms with van der Waals surface area (Å²) < 4.78 is 0. The van der Waals surface area contributed by atoms with Crippen molar-refractivity contribution < 1.29 is 14.7 Å². The molecule has 1 aliphatic carbocycles. The number of halogens is 1. The van der Waals surface area contributed by atoms with Gasteiger partial charge in [0.25, 0.3) is 0 Å². The minimum absolute atomic E-state index is 0.102. The standard InChI is InChI=1S/C26H30ClN3O3/c27-21-7-8-22-20(17-21)6-5-19-3-1-13-29-26(19)25(22)18-10-15-30(16-11-18)23(31)4-2-12-28-14-9-24(32)33/h1,3,7-8,13,17,28H,2,4-6,9-12,14-16H2,(H,32,33). The molecule has 1 amide bonds. The molecule has 0 saturated carbocycles. The van der Waals surface area contributed by atoms with Crippen LogP contribution in [0, 0.1) is 0 Å². The highest BCUT2D eigenvalue weighted by molar-refractivity contribution is 6.30. The number of nitrogens with zero attached hydrogens (tertiary/aromatic N) is 2. The van der Waals surface area contributed by atoms with E-state index in [-0.39, 0.29) is 12.3 Å². The third-order valence-corrected chi connectivity index (χ3v) is 6.70. The van der Waals surface area contributed by atoms with E-state index in [0.717, 1.165) is 49.5 Å². The summed E-state index contributed by atoms with van der Waals surface area (Å²) in [6, 6.07) is 10.3. The van der Waals surface area contributed by atoms with Gasteiger partial charge in [-0.25, -0.2) is 0 Å². The number of hydrogen-bond acceptors (Lipinski definition) is 4. The maximum Gasteiger partial charge on any atom is 0.304 e. The third-order valence-electron chi connectivity index (χ3n) is 6.46. The SMILES string of the molecule is O=C(O)CCNCCCC(=O)N1CCC(=C2c3ccc(Cl)cc3CCc3cccnc32)CC1. The fraction of sp³-hybridized carbons (Fsp3) is 0.423. The molecule has 0 radical (unpaired) electrons. The summed E-state index contributed by atoms with van der Waals surface area (Å²) in [5, 5.41) is 12.5. The number of pyridine rings is 1. The van der Waals surface area contributed by atoms with Gasteiger partial charge in [0, 0.05) is 42.8 Å². The number of hydrogen-bond donors (Lipinski definition) is 2. The van der Waals surface area contributed by atoms with Crippen molar-refractivity contribution in [2.24, 2.45) is 0 Å². The zero-order chi connectivity index (χ0) is 23.2. The second-order valence-electron chi connectivity index (χ2n) is 8.67. The molecular formula is C26H30ClN3O3. The first-order valence-corrected chi connectivity index (χ1v) is 12.1. The second kappa shape index (κ2) is 10.9. The van der Waals surface area contributed by atoms with Gasteiger partial charge in [-0.2, -0.15) is 0 Å². The monoisotopic (exact) mass is 467 g/mol. The number of fused-ring (bicyclic) bond motifs is 2. The number of aromatic nitrogens is 1. The number of amides is 1. The van der Waals surface area contributed by atoms with Crippen LogP contribution in [0.1, 0.15) is 54.5 Å². The van der Waals surface area contributed by atoms with Crippen molar-refractivity contribution in [3.05, 3.63) is 69.5 Å². The molecule has 1 aromatic carbocycles. The zero-order valence-electron chi connectivity index (χ0n) is 18.8. The molecule has 2 N–H and O–H groups in total. The zero-order valence-corrected chi connectivity index (χ0v) is 19.5. The number of carbonyl (C=O) groups is 2. The Morgan fingerprint density at radius 1 is 1.03 bits per heavy atom. The lowest BCUT2D eigenvalue weighted by Gasteiger charge is -2.30. The molecule has 33 heavy (non-hydrogen) atoms. The van der Waals surface area contributed by atoms with Gasteiger partial charge in [-0.3, -0.25) is 14.6 Å². The predicted molar refractivity (Wildman–Crippen MR) is 129 cm³/mol. The molecule has 0 atom stereocenters. The number of piperidine rings is 1. The van der Waals surface area contributed by atoms with E-state index >= 15 is 0 Å². The minimum atomic E-state index is -0.811. The average molecular weight is 468 g/mol. The van der Waals surface area contributed by atoms with Crippen molar-refractivity contribution in [1.82, 2.24) is 15.2 Å². The number of likely N-dealkylation sites (tertiary alicyclic amines) is 1. The maximum absolute atomic E-state index is 12.7. The van der Waals surface area contributed by atoms with Gasteiger partial charge in [0.05, 0.1) is 12.1 Å². The van der Waals surface area contributed by atoms with Crippen molar-refractivity contribution in [2.75, 3.05) is 26.2 Å². The van der Waals surface area contributed by atoms with Crippen molar-refractivity contribution in [3.8, 4) is 0 Å². The van der Waals surface area contributed by atoms with E-state index in [4.69, 9.17) is 21.7 Å². The van der Waals surface area contributed by atoms with E-state index in [1.807, 2.05) is 23.2 Å². The highest BCUT2D eigenvalue weighted by atomic mass is 35.5. The Hall–Kier alpha value is -2.70. The van der Waals surface area contributed by atoms with Crippen LogP contribution in [0.25, 0.3) is 5.57 Å². The number of carboxylic acid groups (broad SMARTS) is 1. The van der Waals surface area contributed by atoms with E-state index < -0.39 is 5.97 Å². The van der Waals surface area contributed by atoms with Gasteiger partial charge in [-0.1, -0.05) is 29.3 Å². The fourth-order valence-corrected chi connectivity index (χ4v) is 4.95. The van der Waals surface area contributed by atoms with Crippen LogP contribution in [0.3, 0.4) is 0 Å². The highest BCUT2D eigenvalue weighted by Crippen LogP contribution is 2.38. The number of aliphatic carboxylic acids is 1. The lowest BCUT2D eigenvalue weighted by molar-refractivity contribution is -0.137. The van der Waals surface area contributed by atoms with Gasteiger partial charge < -0.3 is 15.3 Å². The molecule has 4 rings (SSSR count). The Labute approximate surface area is 199 Å². The molecule has 0 unspecified atom stereocenters. The van der Waals surface area contributed by atoms with Gasteiger partial charge in [0.2, 0.25) is 5.91 Å². The molecule has 1 saturated heterocycles. The Kier molecular flexibility index (Phi) is 7.78. The normalized spacial score (nSPS) is 15.6. The Morgan fingerprint density at radius 2 is 1.82 bits per heavy atom. The fourth-order valence-electron chi connectivity index (χ4n) is 4.75. The van der Waals surface area contributed by atoms with Gasteiger partial charge >= 0.3 is 5.97 Å². The van der Waals surface area contributed by atoms with Crippen LogP contribution in [0.15, 0.2) is 42.1 Å². The van der Waals surface area contributed by atoms with Crippen LogP contribution in [-0.2, 0) is 22.4 Å². The van der Waals surface area contributed by atoms with Crippen LogP contribution in [-0.4, -0.2) is 53.0 Å². The van der Waals surface area contributed by atoms with Crippen LogP contribution in [0.2, 0.25) is 5.02 Å². The quantitative estimate of drug-likeness (QED) is 0.599. The first kappa shape index (κ1) is 23.5. The largest absolute Gasteiger partial charge is 0.481 e. The summed E-state index contributed by atoms with van der Waals surface area (Å²) in [6.07, 6.45) is 6.74. The first-order chi connectivity index (χ1) is 16.0. The molecule has 1 aromatic heterocycles. The van der Waals surface area contributed by atoms with Crippen molar-refractivity contribution in [1.29, 1.82) is 0 Å². The smallest absolute Gasteiger partial charge is 0.304 e. The number of aryl methyl sites for hydroxylation is 2. The minimum Gasteiger partial charge on any atom is -0.481 e. The molecule has 2 heterocycles. The molecule has 174 valence electrons. The summed E-state index contributed by atoms with van der Waals surface area (Å²) in [4.78, 5) is 29.9. The van der Waals surface area contributed by atoms with Crippen LogP contribution in [0.5, 0.6) is 0 Å². The predicted octanol–water partition coefficient (Wildman–Crippen LogP) is 4.10. The van der Waals surface area contributed by atoms with Crippen LogP contribution < -0.4 is 5.32 Å². The Morgan fingerprint density at radius 3 is 2.61 bits per heavy atom. The highest BCUT2D eigenvalue weighted by Gasteiger charge is 2.26. The van der Waals surface area contributed by atoms with Gasteiger partial charge in [-0.15, -0.1) is 0 Å². The third kappa shape index (κ3) is 5.81. The molecule has 1 aliphatic heterocycles. The second-order valence-corrected chi connectivity index (χ2v) is 9.11. The van der Waals surface area contributed by atoms with Gasteiger partial charge in [0.15, 0.2) is 0 Å². The number of nitrogens with one attached hydrogen (secondary N) is 1. The Bertz CT molecular complexity index is 1060. The number of carbonyl (C=O) groups excluding carboxylic acids is 1. The van der Waals surface area contributed by atoms with E-state index in [9.17, 15) is 9.59 Å². The van der Waals surface area contributed by atoms with Crippen LogP contribution in [0.4, 0.5) is 0 Å². The van der Waals surface area contributed by atoms with E-state index in [0.29, 0.717) is 25.9 Å². The van der Waals surface area contributed by atoms with E-state index in [1.165, 1.54) is 27.8 Å². The molecule has 1 fully saturated rings. The summed E-state index contributed by atoms with van der Waals surface area (Å²) in [7, 11) is 0. The van der Waals surface area contributed by atoms with Crippen LogP contribution >= 0.6 is 11.6 Å².